The third-order valence-electron chi connectivity index (χ3n) is 4.99. The lowest BCUT2D eigenvalue weighted by molar-refractivity contribution is -0.118. The van der Waals surface area contributed by atoms with Gasteiger partial charge in [0.2, 0.25) is 5.91 Å². The number of nitrogens with zero attached hydrogens (tertiary/aromatic N) is 3. The molecule has 32 heavy (non-hydrogen) atoms. The van der Waals surface area contributed by atoms with Crippen molar-refractivity contribution < 1.29 is 9.21 Å². The number of aryl methyl sites for hydroxylation is 3. The lowest BCUT2D eigenvalue weighted by Gasteiger charge is -2.06. The quantitative estimate of drug-likeness (QED) is 0.285. The van der Waals surface area contributed by atoms with Crippen molar-refractivity contribution in [3.8, 4) is 22.6 Å². The summed E-state index contributed by atoms with van der Waals surface area (Å²) < 4.78 is 8.04. The average Bonchev–Trinajstić information content (AvgIpc) is 3.39. The Bertz CT molecular complexity index is 1110. The standard InChI is InChI=1S/C25H26N4O2S/c1-18-16-19(2)29(28-18)15-9-14-26-22(30)17-32-25-27-23(20-10-5-3-6-11-20)24(31-25)21-12-7-4-8-13-21/h3-8,10-13,16H,9,14-15,17H2,1-2H3,(H,26,30). The van der Waals surface area contributed by atoms with Crippen LogP contribution in [0, 0.1) is 13.8 Å². The summed E-state index contributed by atoms with van der Waals surface area (Å²) in [5, 5.41) is 7.89. The van der Waals surface area contributed by atoms with Crippen LogP contribution in [0.5, 0.6) is 0 Å². The van der Waals surface area contributed by atoms with Gasteiger partial charge in [-0.2, -0.15) is 5.10 Å². The number of nitrogens with one attached hydrogen (secondary N) is 1. The molecule has 0 aliphatic rings. The summed E-state index contributed by atoms with van der Waals surface area (Å²) in [6.07, 6.45) is 0.827. The van der Waals surface area contributed by atoms with Crippen LogP contribution in [0.4, 0.5) is 0 Å². The molecule has 0 radical (unpaired) electrons. The van der Waals surface area contributed by atoms with E-state index in [1.54, 1.807) is 0 Å². The Hall–Kier alpha value is -3.32. The Morgan fingerprint density at radius 3 is 2.38 bits per heavy atom. The average molecular weight is 447 g/mol. The SMILES string of the molecule is Cc1cc(C)n(CCCNC(=O)CSc2nc(-c3ccccc3)c(-c3ccccc3)o2)n1. The Morgan fingerprint density at radius 2 is 1.72 bits per heavy atom. The van der Waals surface area contributed by atoms with E-state index in [1.165, 1.54) is 11.8 Å². The first-order chi connectivity index (χ1) is 15.6. The van der Waals surface area contributed by atoms with Gasteiger partial charge in [-0.25, -0.2) is 4.98 Å². The van der Waals surface area contributed by atoms with Gasteiger partial charge in [0.1, 0.15) is 5.69 Å². The maximum absolute atomic E-state index is 12.3. The second-order valence-corrected chi connectivity index (χ2v) is 8.46. The van der Waals surface area contributed by atoms with E-state index in [4.69, 9.17) is 4.42 Å². The minimum absolute atomic E-state index is 0.0379. The highest BCUT2D eigenvalue weighted by Crippen LogP contribution is 2.35. The Morgan fingerprint density at radius 1 is 1.03 bits per heavy atom. The first-order valence-electron chi connectivity index (χ1n) is 10.6. The molecule has 6 nitrogen and oxygen atoms in total. The number of carbonyl (C=O) groups is 1. The molecular weight excluding hydrogens is 420 g/mol. The first kappa shape index (κ1) is 21.9. The van der Waals surface area contributed by atoms with Crippen LogP contribution in [0.3, 0.4) is 0 Å². The predicted octanol–water partition coefficient (Wildman–Crippen LogP) is 5.12. The zero-order valence-corrected chi connectivity index (χ0v) is 19.1. The molecule has 0 spiro atoms. The molecule has 164 valence electrons. The molecule has 0 saturated carbocycles. The van der Waals surface area contributed by atoms with Crippen molar-refractivity contribution in [1.82, 2.24) is 20.1 Å². The minimum Gasteiger partial charge on any atom is -0.431 e. The first-order valence-corrected chi connectivity index (χ1v) is 11.6. The van der Waals surface area contributed by atoms with Gasteiger partial charge >= 0.3 is 0 Å². The highest BCUT2D eigenvalue weighted by molar-refractivity contribution is 7.99. The highest BCUT2D eigenvalue weighted by Gasteiger charge is 2.17. The van der Waals surface area contributed by atoms with Gasteiger partial charge in [0.05, 0.1) is 11.4 Å². The number of oxazole rings is 1. The molecule has 4 rings (SSSR count). The van der Waals surface area contributed by atoms with Crippen molar-refractivity contribution in [3.63, 3.8) is 0 Å². The van der Waals surface area contributed by atoms with E-state index >= 15 is 0 Å². The molecule has 0 fully saturated rings. The molecule has 0 unspecified atom stereocenters. The predicted molar refractivity (Wildman–Crippen MR) is 127 cm³/mol. The smallest absolute Gasteiger partial charge is 0.257 e. The van der Waals surface area contributed by atoms with Gasteiger partial charge in [0.25, 0.3) is 5.22 Å². The summed E-state index contributed by atoms with van der Waals surface area (Å²) in [4.78, 5) is 17.0. The number of amides is 1. The Labute approximate surface area is 192 Å². The van der Waals surface area contributed by atoms with Gasteiger partial charge in [0, 0.05) is 29.9 Å². The summed E-state index contributed by atoms with van der Waals surface area (Å²) in [6, 6.07) is 21.9. The zero-order valence-electron chi connectivity index (χ0n) is 18.2. The van der Waals surface area contributed by atoms with Crippen LogP contribution in [-0.4, -0.2) is 33.0 Å². The molecule has 0 aliphatic heterocycles. The summed E-state index contributed by atoms with van der Waals surface area (Å²) in [5.41, 5.74) is 4.87. The molecule has 0 aliphatic carbocycles. The van der Waals surface area contributed by atoms with Crippen LogP contribution >= 0.6 is 11.8 Å². The fourth-order valence-corrected chi connectivity index (χ4v) is 4.13. The molecule has 2 aromatic carbocycles. The van der Waals surface area contributed by atoms with Gasteiger partial charge in [-0.1, -0.05) is 72.4 Å². The summed E-state index contributed by atoms with van der Waals surface area (Å²) in [6.45, 7) is 5.41. The van der Waals surface area contributed by atoms with E-state index in [1.807, 2.05) is 79.2 Å². The molecular formula is C25H26N4O2S. The summed E-state index contributed by atoms with van der Waals surface area (Å²) in [5.74, 6) is 0.928. The van der Waals surface area contributed by atoms with Crippen molar-refractivity contribution in [2.75, 3.05) is 12.3 Å². The number of aromatic nitrogens is 3. The van der Waals surface area contributed by atoms with Crippen molar-refractivity contribution >= 4 is 17.7 Å². The van der Waals surface area contributed by atoms with Gasteiger partial charge < -0.3 is 9.73 Å². The van der Waals surface area contributed by atoms with E-state index in [0.717, 1.165) is 41.2 Å². The molecule has 0 bridgehead atoms. The van der Waals surface area contributed by atoms with Gasteiger partial charge in [-0.05, 0) is 26.3 Å². The number of hydrogen-bond acceptors (Lipinski definition) is 5. The van der Waals surface area contributed by atoms with Crippen LogP contribution in [0.1, 0.15) is 17.8 Å². The maximum atomic E-state index is 12.3. The number of benzene rings is 2. The second-order valence-electron chi connectivity index (χ2n) is 7.53. The Balaban J connectivity index is 1.35. The summed E-state index contributed by atoms with van der Waals surface area (Å²) >= 11 is 1.31. The molecule has 2 heterocycles. The second kappa shape index (κ2) is 10.3. The van der Waals surface area contributed by atoms with Crippen LogP contribution in [-0.2, 0) is 11.3 Å². The number of hydrogen-bond donors (Lipinski definition) is 1. The van der Waals surface area contributed by atoms with Gasteiger partial charge in [0.15, 0.2) is 5.76 Å². The molecule has 4 aromatic rings. The lowest BCUT2D eigenvalue weighted by Crippen LogP contribution is -2.27. The van der Waals surface area contributed by atoms with Gasteiger partial charge in [-0.15, -0.1) is 0 Å². The van der Waals surface area contributed by atoms with Crippen molar-refractivity contribution in [2.45, 2.75) is 32.0 Å². The molecule has 0 saturated heterocycles. The van der Waals surface area contributed by atoms with E-state index in [0.29, 0.717) is 17.5 Å². The van der Waals surface area contributed by atoms with E-state index in [-0.39, 0.29) is 11.7 Å². The fraction of sp³-hybridized carbons (Fsp3) is 0.240. The number of thioether (sulfide) groups is 1. The molecule has 1 amide bonds. The van der Waals surface area contributed by atoms with Crippen LogP contribution in [0.15, 0.2) is 76.4 Å². The van der Waals surface area contributed by atoms with Crippen LogP contribution in [0.25, 0.3) is 22.6 Å². The zero-order chi connectivity index (χ0) is 22.3. The van der Waals surface area contributed by atoms with Crippen molar-refractivity contribution in [1.29, 1.82) is 0 Å². The van der Waals surface area contributed by atoms with Crippen LogP contribution in [0.2, 0.25) is 0 Å². The van der Waals surface area contributed by atoms with Gasteiger partial charge in [-0.3, -0.25) is 9.48 Å². The molecule has 0 atom stereocenters. The Kier molecular flexibility index (Phi) is 7.07. The van der Waals surface area contributed by atoms with Crippen molar-refractivity contribution in [2.24, 2.45) is 0 Å². The molecule has 7 heteroatoms. The third kappa shape index (κ3) is 5.48. The lowest BCUT2D eigenvalue weighted by atomic mass is 10.1. The normalized spacial score (nSPS) is 10.9. The number of rotatable bonds is 9. The molecule has 2 aromatic heterocycles. The third-order valence-corrected chi connectivity index (χ3v) is 5.82. The van der Waals surface area contributed by atoms with Crippen molar-refractivity contribution in [3.05, 3.63) is 78.1 Å². The summed E-state index contributed by atoms with van der Waals surface area (Å²) in [7, 11) is 0. The van der Waals surface area contributed by atoms with Crippen LogP contribution < -0.4 is 5.32 Å². The highest BCUT2D eigenvalue weighted by atomic mass is 32.2. The van der Waals surface area contributed by atoms with E-state index in [2.05, 4.69) is 21.5 Å². The van der Waals surface area contributed by atoms with E-state index < -0.39 is 0 Å². The fourth-order valence-electron chi connectivity index (χ4n) is 3.48. The van der Waals surface area contributed by atoms with E-state index in [9.17, 15) is 4.79 Å². The largest absolute Gasteiger partial charge is 0.431 e. The topological polar surface area (TPSA) is 73.0 Å². The molecule has 1 N–H and O–H groups in total. The minimum atomic E-state index is -0.0379. The monoisotopic (exact) mass is 446 g/mol. The maximum Gasteiger partial charge on any atom is 0.257 e. The number of carbonyl (C=O) groups excluding carboxylic acids is 1.